The summed E-state index contributed by atoms with van der Waals surface area (Å²) in [6.07, 6.45) is 0. The largest absolute Gasteiger partial charge is 0.454 e. The predicted molar refractivity (Wildman–Crippen MR) is 74.2 cm³/mol. The number of aryl methyl sites for hydroxylation is 1. The summed E-state index contributed by atoms with van der Waals surface area (Å²) in [5, 5.41) is 12.3. The van der Waals surface area contributed by atoms with E-state index in [4.69, 9.17) is 14.7 Å². The molecular formula is C15H12N2O4. The molecular weight excluding hydrogens is 272 g/mol. The molecule has 106 valence electrons. The lowest BCUT2D eigenvalue weighted by atomic mass is 10.0. The van der Waals surface area contributed by atoms with Crippen molar-refractivity contribution >= 4 is 11.5 Å². The van der Waals surface area contributed by atoms with Crippen LogP contribution in [0, 0.1) is 6.92 Å². The van der Waals surface area contributed by atoms with Crippen LogP contribution in [-0.2, 0) is 0 Å². The van der Waals surface area contributed by atoms with Gasteiger partial charge in [0, 0.05) is 11.3 Å². The minimum Gasteiger partial charge on any atom is -0.454 e. The summed E-state index contributed by atoms with van der Waals surface area (Å²) >= 11 is 0. The van der Waals surface area contributed by atoms with Gasteiger partial charge in [-0.05, 0) is 37.3 Å². The molecule has 1 N–H and O–H groups in total. The van der Waals surface area contributed by atoms with Crippen molar-refractivity contribution in [1.82, 2.24) is 4.98 Å². The lowest BCUT2D eigenvalue weighted by molar-refractivity contribution is 0.106. The smallest absolute Gasteiger partial charge is 0.231 e. The Labute approximate surface area is 120 Å². The molecule has 21 heavy (non-hydrogen) atoms. The molecule has 0 spiro atoms. The molecule has 0 atom stereocenters. The number of carbonyl (C=O) groups is 1. The summed E-state index contributed by atoms with van der Waals surface area (Å²) in [5.41, 5.74) is 1.28. The van der Waals surface area contributed by atoms with Crippen LogP contribution in [0.25, 0.3) is 0 Å². The molecule has 6 nitrogen and oxygen atoms in total. The van der Waals surface area contributed by atoms with E-state index < -0.39 is 5.78 Å². The number of Topliss-reactive ketones (excluding diaryl/α,β-unsaturated/α-hetero) is 1. The average molecular weight is 284 g/mol. The van der Waals surface area contributed by atoms with Crippen molar-refractivity contribution in [3.63, 3.8) is 0 Å². The van der Waals surface area contributed by atoms with Crippen LogP contribution in [0.2, 0.25) is 0 Å². The molecule has 0 bridgehead atoms. The first-order chi connectivity index (χ1) is 10.2. The number of oxime groups is 1. The van der Waals surface area contributed by atoms with Gasteiger partial charge in [0.25, 0.3) is 0 Å². The van der Waals surface area contributed by atoms with E-state index in [1.54, 1.807) is 43.3 Å². The Bertz CT molecular complexity index is 740. The fourth-order valence-electron chi connectivity index (χ4n) is 2.06. The Kier molecular flexibility index (Phi) is 3.27. The third-order valence-electron chi connectivity index (χ3n) is 3.08. The van der Waals surface area contributed by atoms with Gasteiger partial charge in [0.1, 0.15) is 0 Å². The molecule has 6 heteroatoms. The first kappa shape index (κ1) is 13.1. The normalized spacial score (nSPS) is 13.3. The van der Waals surface area contributed by atoms with Gasteiger partial charge in [-0.3, -0.25) is 9.78 Å². The molecule has 0 saturated heterocycles. The summed E-state index contributed by atoms with van der Waals surface area (Å²) < 4.78 is 10.4. The third-order valence-corrected chi connectivity index (χ3v) is 3.08. The molecule has 1 aliphatic rings. The van der Waals surface area contributed by atoms with Crippen LogP contribution in [-0.4, -0.2) is 28.5 Å². The number of benzene rings is 1. The fourth-order valence-corrected chi connectivity index (χ4v) is 2.06. The third kappa shape index (κ3) is 2.43. The number of hydrogen-bond donors (Lipinski definition) is 1. The summed E-state index contributed by atoms with van der Waals surface area (Å²) in [5.74, 6) is 0.645. The van der Waals surface area contributed by atoms with Crippen molar-refractivity contribution in [2.75, 3.05) is 6.79 Å². The van der Waals surface area contributed by atoms with Gasteiger partial charge in [0.05, 0.1) is 5.69 Å². The number of aromatic nitrogens is 1. The lowest BCUT2D eigenvalue weighted by Crippen LogP contribution is -2.17. The highest BCUT2D eigenvalue weighted by Gasteiger charge is 2.22. The highest BCUT2D eigenvalue weighted by atomic mass is 16.7. The molecule has 0 fully saturated rings. The standard InChI is InChI=1S/C15H12N2O4/c1-9-3-2-4-11(16-9)14(17-19)15(18)10-5-6-12-13(7-10)21-8-20-12/h2-7,19H,8H2,1H3. The highest BCUT2D eigenvalue weighted by molar-refractivity contribution is 6.50. The van der Waals surface area contributed by atoms with Crippen LogP contribution in [0.1, 0.15) is 21.7 Å². The minimum absolute atomic E-state index is 0.113. The number of nitrogens with zero attached hydrogens (tertiary/aromatic N) is 2. The highest BCUT2D eigenvalue weighted by Crippen LogP contribution is 2.32. The van der Waals surface area contributed by atoms with Crippen LogP contribution in [0.15, 0.2) is 41.6 Å². The molecule has 0 unspecified atom stereocenters. The Morgan fingerprint density at radius 2 is 2.05 bits per heavy atom. The lowest BCUT2D eigenvalue weighted by Gasteiger charge is -2.05. The van der Waals surface area contributed by atoms with Gasteiger partial charge < -0.3 is 14.7 Å². The maximum absolute atomic E-state index is 12.5. The summed E-state index contributed by atoms with van der Waals surface area (Å²) in [7, 11) is 0. The van der Waals surface area contributed by atoms with Gasteiger partial charge >= 0.3 is 0 Å². The van der Waals surface area contributed by atoms with Crippen molar-refractivity contribution in [1.29, 1.82) is 0 Å². The zero-order valence-corrected chi connectivity index (χ0v) is 11.2. The second kappa shape index (κ2) is 5.24. The fraction of sp³-hybridized carbons (Fsp3) is 0.133. The van der Waals surface area contributed by atoms with Gasteiger partial charge in [0.15, 0.2) is 17.2 Å². The maximum Gasteiger partial charge on any atom is 0.231 e. The van der Waals surface area contributed by atoms with E-state index in [0.717, 1.165) is 5.69 Å². The maximum atomic E-state index is 12.5. The molecule has 1 aromatic heterocycles. The van der Waals surface area contributed by atoms with Crippen molar-refractivity contribution in [3.8, 4) is 11.5 Å². The van der Waals surface area contributed by atoms with Crippen LogP contribution < -0.4 is 9.47 Å². The Morgan fingerprint density at radius 1 is 1.24 bits per heavy atom. The first-order valence-corrected chi connectivity index (χ1v) is 6.29. The number of carbonyl (C=O) groups excluding carboxylic acids is 1. The van der Waals surface area contributed by atoms with E-state index in [9.17, 15) is 4.79 Å². The molecule has 1 aromatic carbocycles. The van der Waals surface area contributed by atoms with E-state index in [1.165, 1.54) is 0 Å². The number of ether oxygens (including phenoxy) is 2. The number of ketones is 1. The van der Waals surface area contributed by atoms with Gasteiger partial charge in [-0.25, -0.2) is 0 Å². The number of pyridine rings is 1. The van der Waals surface area contributed by atoms with Crippen molar-refractivity contribution < 1.29 is 19.5 Å². The predicted octanol–water partition coefficient (Wildman–Crippen LogP) is 2.18. The van der Waals surface area contributed by atoms with Crippen LogP contribution >= 0.6 is 0 Å². The molecule has 1 aliphatic heterocycles. The first-order valence-electron chi connectivity index (χ1n) is 6.29. The van der Waals surface area contributed by atoms with Gasteiger partial charge in [-0.15, -0.1) is 0 Å². The minimum atomic E-state index is -0.436. The second-order valence-corrected chi connectivity index (χ2v) is 4.51. The number of hydrogen-bond acceptors (Lipinski definition) is 6. The van der Waals surface area contributed by atoms with Crippen molar-refractivity contribution in [3.05, 3.63) is 53.3 Å². The van der Waals surface area contributed by atoms with E-state index in [-0.39, 0.29) is 12.5 Å². The topological polar surface area (TPSA) is 81.0 Å². The zero-order valence-electron chi connectivity index (χ0n) is 11.2. The van der Waals surface area contributed by atoms with E-state index >= 15 is 0 Å². The molecule has 3 rings (SSSR count). The molecule has 2 heterocycles. The monoisotopic (exact) mass is 284 g/mol. The van der Waals surface area contributed by atoms with Gasteiger partial charge in [-0.2, -0.15) is 0 Å². The number of fused-ring (bicyclic) bond motifs is 1. The van der Waals surface area contributed by atoms with Crippen LogP contribution in [0.5, 0.6) is 11.5 Å². The quantitative estimate of drug-likeness (QED) is 0.404. The molecule has 0 radical (unpaired) electrons. The zero-order chi connectivity index (χ0) is 14.8. The van der Waals surface area contributed by atoms with Crippen molar-refractivity contribution in [2.24, 2.45) is 5.16 Å². The molecule has 0 aliphatic carbocycles. The van der Waals surface area contributed by atoms with E-state index in [2.05, 4.69) is 10.1 Å². The van der Waals surface area contributed by atoms with E-state index in [1.807, 2.05) is 0 Å². The molecule has 2 aromatic rings. The Balaban J connectivity index is 1.96. The summed E-state index contributed by atoms with van der Waals surface area (Å²) in [6.45, 7) is 1.93. The van der Waals surface area contributed by atoms with Gasteiger partial charge in [-0.1, -0.05) is 11.2 Å². The molecule has 0 amide bonds. The summed E-state index contributed by atoms with van der Waals surface area (Å²) in [6, 6.07) is 9.96. The van der Waals surface area contributed by atoms with Crippen LogP contribution in [0.4, 0.5) is 0 Å². The second-order valence-electron chi connectivity index (χ2n) is 4.51. The SMILES string of the molecule is Cc1cccc(C(=NO)C(=O)c2ccc3c(c2)OCO3)n1. The Hall–Kier alpha value is -2.89. The average Bonchev–Trinajstić information content (AvgIpc) is 2.95. The van der Waals surface area contributed by atoms with Crippen molar-refractivity contribution in [2.45, 2.75) is 6.92 Å². The van der Waals surface area contributed by atoms with Gasteiger partial charge in [0.2, 0.25) is 12.6 Å². The molecule has 0 saturated carbocycles. The summed E-state index contributed by atoms with van der Waals surface area (Å²) in [4.78, 5) is 16.7. The van der Waals surface area contributed by atoms with E-state index in [0.29, 0.717) is 22.8 Å². The Morgan fingerprint density at radius 3 is 2.81 bits per heavy atom. The van der Waals surface area contributed by atoms with Crippen LogP contribution in [0.3, 0.4) is 0 Å². The number of rotatable bonds is 3.